The molecule has 0 aromatic rings. The lowest BCUT2D eigenvalue weighted by Gasteiger charge is -2.21. The maximum atomic E-state index is 13.1. The first kappa shape index (κ1) is 103. The molecule has 3 N–H and O–H groups in total. The lowest BCUT2D eigenvalue weighted by molar-refractivity contribution is -0.161. The smallest absolute Gasteiger partial charge is 0.462 e. The van der Waals surface area contributed by atoms with E-state index in [-0.39, 0.29) is 25.7 Å². The van der Waals surface area contributed by atoms with E-state index in [1.54, 1.807) is 0 Å². The summed E-state index contributed by atoms with van der Waals surface area (Å²) >= 11 is 0. The van der Waals surface area contributed by atoms with Crippen LogP contribution in [0, 0.1) is 0 Å². The molecule has 0 aromatic carbocycles. The van der Waals surface area contributed by atoms with Gasteiger partial charge < -0.3 is 33.8 Å². The molecule has 17 nitrogen and oxygen atoms in total. The number of phosphoric ester groups is 2. The third-order valence-electron chi connectivity index (χ3n) is 17.0. The number of unbranched alkanes of at least 4 members (excludes halogenated alkanes) is 25. The summed E-state index contributed by atoms with van der Waals surface area (Å²) in [7, 11) is -10.0. The topological polar surface area (TPSA) is 237 Å². The van der Waals surface area contributed by atoms with E-state index in [1.165, 1.54) is 96.3 Å². The number of hydrogen-bond acceptors (Lipinski definition) is 15. The van der Waals surface area contributed by atoms with Crippen LogP contribution in [0.25, 0.3) is 0 Å². The second-order valence-corrected chi connectivity index (χ2v) is 30.2. The van der Waals surface area contributed by atoms with Gasteiger partial charge in [-0.05, 0) is 154 Å². The van der Waals surface area contributed by atoms with Gasteiger partial charge in [-0.15, -0.1) is 0 Å². The Balaban J connectivity index is 5.53. The summed E-state index contributed by atoms with van der Waals surface area (Å²) in [5.41, 5.74) is 0. The molecule has 0 saturated heterocycles. The van der Waals surface area contributed by atoms with Crippen molar-refractivity contribution in [1.82, 2.24) is 0 Å². The molecule has 0 amide bonds. The molecule has 19 heteroatoms. The highest BCUT2D eigenvalue weighted by atomic mass is 31.2. The van der Waals surface area contributed by atoms with Gasteiger partial charge in [0.1, 0.15) is 19.3 Å². The number of ether oxygens (including phenoxy) is 4. The molecule has 2 unspecified atom stereocenters. The van der Waals surface area contributed by atoms with E-state index in [0.717, 1.165) is 135 Å². The van der Waals surface area contributed by atoms with Crippen LogP contribution in [0.5, 0.6) is 0 Å². The number of allylic oxidation sites excluding steroid dienone is 26. The van der Waals surface area contributed by atoms with Crippen molar-refractivity contribution in [2.45, 2.75) is 341 Å². The zero-order chi connectivity index (χ0) is 78.9. The fourth-order valence-electron chi connectivity index (χ4n) is 10.6. The van der Waals surface area contributed by atoms with Crippen molar-refractivity contribution in [1.29, 1.82) is 0 Å². The number of aliphatic hydroxyl groups excluding tert-OH is 1. The van der Waals surface area contributed by atoms with Gasteiger partial charge in [0.15, 0.2) is 12.2 Å². The van der Waals surface area contributed by atoms with E-state index in [9.17, 15) is 43.2 Å². The molecule has 0 heterocycles. The molecule has 0 spiro atoms. The third kappa shape index (κ3) is 78.8. The molecule has 5 atom stereocenters. The Labute approximate surface area is 655 Å². The largest absolute Gasteiger partial charge is 0.472 e. The average molecular weight is 1550 g/mol. The number of carbonyl (C=O) groups excluding carboxylic acids is 4. The van der Waals surface area contributed by atoms with Crippen LogP contribution in [-0.2, 0) is 65.4 Å². The highest BCUT2D eigenvalue weighted by Crippen LogP contribution is 2.45. The van der Waals surface area contributed by atoms with Gasteiger partial charge in [-0.1, -0.05) is 301 Å². The number of hydrogen-bond donors (Lipinski definition) is 3. The highest BCUT2D eigenvalue weighted by molar-refractivity contribution is 7.47. The van der Waals surface area contributed by atoms with Crippen molar-refractivity contribution in [2.75, 3.05) is 39.6 Å². The molecule has 0 bridgehead atoms. The highest BCUT2D eigenvalue weighted by Gasteiger charge is 2.30. The molecular weight excluding hydrogens is 1400 g/mol. The Morgan fingerprint density at radius 3 is 0.843 bits per heavy atom. The number of aliphatic hydroxyl groups is 1. The van der Waals surface area contributed by atoms with Gasteiger partial charge in [0, 0.05) is 25.7 Å². The average Bonchev–Trinajstić information content (AvgIpc) is 0.896. The molecule has 108 heavy (non-hydrogen) atoms. The first-order valence-corrected chi connectivity index (χ1v) is 44.7. The number of rotatable bonds is 77. The number of phosphoric acid groups is 2. The van der Waals surface area contributed by atoms with Crippen LogP contribution in [0.15, 0.2) is 158 Å². The van der Waals surface area contributed by atoms with E-state index < -0.39 is 97.5 Å². The normalized spacial score (nSPS) is 14.6. The van der Waals surface area contributed by atoms with Crippen LogP contribution in [-0.4, -0.2) is 96.7 Å². The predicted octanol–water partition coefficient (Wildman–Crippen LogP) is 24.8. The second-order valence-electron chi connectivity index (χ2n) is 27.3. The van der Waals surface area contributed by atoms with Crippen molar-refractivity contribution in [2.24, 2.45) is 0 Å². The molecule has 0 aliphatic carbocycles. The summed E-state index contributed by atoms with van der Waals surface area (Å²) in [6, 6.07) is 0. The van der Waals surface area contributed by atoms with Crippen LogP contribution in [0.3, 0.4) is 0 Å². The molecule has 0 aliphatic rings. The minimum Gasteiger partial charge on any atom is -0.462 e. The molecular formula is C89H148O17P2. The number of esters is 4. The third-order valence-corrected chi connectivity index (χ3v) is 18.9. The van der Waals surface area contributed by atoms with E-state index in [1.807, 2.05) is 36.5 Å². The maximum absolute atomic E-state index is 13.1. The molecule has 0 aliphatic heterocycles. The van der Waals surface area contributed by atoms with E-state index in [2.05, 4.69) is 149 Å². The molecule has 0 saturated carbocycles. The molecule has 0 radical (unpaired) electrons. The maximum Gasteiger partial charge on any atom is 0.472 e. The minimum atomic E-state index is -5.02. The van der Waals surface area contributed by atoms with Gasteiger partial charge in [0.25, 0.3) is 0 Å². The Bertz CT molecular complexity index is 2660. The zero-order valence-corrected chi connectivity index (χ0v) is 69.3. The molecule has 0 fully saturated rings. The van der Waals surface area contributed by atoms with Crippen LogP contribution >= 0.6 is 15.6 Å². The van der Waals surface area contributed by atoms with Crippen molar-refractivity contribution in [3.8, 4) is 0 Å². The van der Waals surface area contributed by atoms with Crippen molar-refractivity contribution < 1.29 is 80.2 Å². The monoisotopic (exact) mass is 1550 g/mol. The first-order chi connectivity index (χ1) is 52.7. The van der Waals surface area contributed by atoms with E-state index in [4.69, 9.17) is 37.0 Å². The predicted molar refractivity (Wildman–Crippen MR) is 445 cm³/mol. The van der Waals surface area contributed by atoms with E-state index in [0.29, 0.717) is 38.5 Å². The Kier molecular flexibility index (Phi) is 75.8. The quantitative estimate of drug-likeness (QED) is 0.0169. The van der Waals surface area contributed by atoms with Gasteiger partial charge in [0.05, 0.1) is 26.4 Å². The molecule has 0 aromatic heterocycles. The Morgan fingerprint density at radius 1 is 0.269 bits per heavy atom. The fourth-order valence-corrected chi connectivity index (χ4v) is 12.2. The minimum absolute atomic E-state index is 0.0153. The van der Waals surface area contributed by atoms with Crippen LogP contribution < -0.4 is 0 Å². The van der Waals surface area contributed by atoms with Crippen molar-refractivity contribution in [3.63, 3.8) is 0 Å². The Hall–Kier alpha value is -5.32. The summed E-state index contributed by atoms with van der Waals surface area (Å²) in [5, 5.41) is 10.7. The van der Waals surface area contributed by atoms with Gasteiger partial charge in [-0.2, -0.15) is 0 Å². The zero-order valence-electron chi connectivity index (χ0n) is 67.5. The number of carbonyl (C=O) groups is 4. The van der Waals surface area contributed by atoms with Crippen LogP contribution in [0.2, 0.25) is 0 Å². The summed E-state index contributed by atoms with van der Waals surface area (Å²) in [5.74, 6) is -2.39. The van der Waals surface area contributed by atoms with Crippen molar-refractivity contribution >= 4 is 39.5 Å². The van der Waals surface area contributed by atoms with Gasteiger partial charge in [-0.3, -0.25) is 37.3 Å². The van der Waals surface area contributed by atoms with Gasteiger partial charge >= 0.3 is 39.5 Å². The summed E-state index contributed by atoms with van der Waals surface area (Å²) in [4.78, 5) is 73.1. The lowest BCUT2D eigenvalue weighted by Crippen LogP contribution is -2.30. The van der Waals surface area contributed by atoms with Crippen molar-refractivity contribution in [3.05, 3.63) is 158 Å². The SMILES string of the molecule is CC/C=C\C/C=C\C/C=C\C/C=C\C/C=C\C/C=C\CCC(=O)OC[C@H](COP(=O)(O)OC[C@@H](O)COP(=O)(O)OC[C@@H](COC(=O)CCCCCCC/C=C\CCCCCCCC)OC(=O)CCCCCCC/C=C\CCCCCCCC)OC(=O)CC/C=C\C/C=C\C/C=C\C/C=C\C/C=C\CCCCC. The van der Waals surface area contributed by atoms with Gasteiger partial charge in [0.2, 0.25) is 0 Å². The van der Waals surface area contributed by atoms with Crippen LogP contribution in [0.4, 0.5) is 0 Å². The second kappa shape index (κ2) is 79.8. The van der Waals surface area contributed by atoms with Gasteiger partial charge in [-0.25, -0.2) is 9.13 Å². The molecule has 0 rings (SSSR count). The first-order valence-electron chi connectivity index (χ1n) is 41.7. The van der Waals surface area contributed by atoms with E-state index >= 15 is 0 Å². The molecule has 616 valence electrons. The fraction of sp³-hybridized carbons (Fsp3) is 0.663. The summed E-state index contributed by atoms with van der Waals surface area (Å²) in [6.45, 7) is 4.55. The summed E-state index contributed by atoms with van der Waals surface area (Å²) < 4.78 is 68.5. The summed E-state index contributed by atoms with van der Waals surface area (Å²) in [6.07, 6.45) is 93.9. The standard InChI is InChI=1S/C89H148O17P2/c1-5-9-13-17-21-25-29-33-37-39-41-43-47-50-54-58-62-66-70-74-87(92)100-80-85(106-89(94)76-72-68-64-60-56-52-48-44-42-40-38-34-30-26-22-18-14-10-6-2)82-104-108(97,98)102-78-83(90)77-101-107(95,96)103-81-84(105-88(93)75-71-67-63-59-55-51-46-36-32-28-24-20-16-12-8-4)79-99-86(91)73-69-65-61-57-53-49-45-35-31-27-23-19-15-11-7-3/h9,13,21-22,25-26,33-38,41-46,50,52,54,56,62,64,66,68,83-85,90H,5-8,10-12,14-20,23-24,27-32,39-40,47-49,51,53,55,57-61,63,65,67,69-82H2,1-4H3,(H,95,96)(H,97,98)/b13-9-,25-21-,26-22-,37-33-,38-34-,43-41-,44-42-,45-35-,46-36-,54-50-,56-52-,66-62-,68-64-/t83-,84+,85+/m0/s1. The van der Waals surface area contributed by atoms with Crippen LogP contribution in [0.1, 0.15) is 323 Å². The Morgan fingerprint density at radius 2 is 0.500 bits per heavy atom. The lowest BCUT2D eigenvalue weighted by atomic mass is 10.1.